The van der Waals surface area contributed by atoms with Gasteiger partial charge in [-0.2, -0.15) is 0 Å². The third-order valence-electron chi connectivity index (χ3n) is 4.86. The normalized spacial score (nSPS) is 11.8. The summed E-state index contributed by atoms with van der Waals surface area (Å²) < 4.78 is 5.20. The van der Waals surface area contributed by atoms with Gasteiger partial charge in [0.1, 0.15) is 11.8 Å². The van der Waals surface area contributed by atoms with Crippen LogP contribution < -0.4 is 10.1 Å². The zero-order valence-electron chi connectivity index (χ0n) is 18.1. The summed E-state index contributed by atoms with van der Waals surface area (Å²) in [6.45, 7) is 8.03. The molecule has 0 fully saturated rings. The van der Waals surface area contributed by atoms with E-state index in [1.165, 1.54) is 5.56 Å². The number of amides is 2. The van der Waals surface area contributed by atoms with Crippen LogP contribution in [-0.2, 0) is 22.6 Å². The first-order valence-corrected chi connectivity index (χ1v) is 10.1. The number of hydrogen-bond donors (Lipinski definition) is 1. The van der Waals surface area contributed by atoms with E-state index in [9.17, 15) is 9.59 Å². The molecule has 2 aromatic rings. The van der Waals surface area contributed by atoms with Crippen LogP contribution in [0.15, 0.2) is 48.5 Å². The number of rotatable bonds is 9. The van der Waals surface area contributed by atoms with E-state index in [0.717, 1.165) is 16.9 Å². The summed E-state index contributed by atoms with van der Waals surface area (Å²) >= 11 is 0. The van der Waals surface area contributed by atoms with Crippen molar-refractivity contribution in [3.8, 4) is 5.75 Å². The highest BCUT2D eigenvalue weighted by atomic mass is 16.5. The van der Waals surface area contributed by atoms with Crippen molar-refractivity contribution in [2.24, 2.45) is 0 Å². The van der Waals surface area contributed by atoms with Crippen LogP contribution >= 0.6 is 0 Å². The molecule has 2 amide bonds. The van der Waals surface area contributed by atoms with Gasteiger partial charge < -0.3 is 15.0 Å². The molecule has 0 aliphatic rings. The SMILES string of the molecule is COc1ccc(CN(C(=O)CCc2ccc(C)cc2)[C@@H](C)C(=O)NC(C)C)cc1. The van der Waals surface area contributed by atoms with E-state index >= 15 is 0 Å². The molecular weight excluding hydrogens is 364 g/mol. The Labute approximate surface area is 174 Å². The summed E-state index contributed by atoms with van der Waals surface area (Å²) in [6, 6.07) is 15.2. The number of methoxy groups -OCH3 is 1. The maximum Gasteiger partial charge on any atom is 0.242 e. The third-order valence-corrected chi connectivity index (χ3v) is 4.86. The number of carbonyl (C=O) groups is 2. The minimum absolute atomic E-state index is 0.0236. The topological polar surface area (TPSA) is 58.6 Å². The van der Waals surface area contributed by atoms with E-state index in [-0.39, 0.29) is 17.9 Å². The first-order valence-electron chi connectivity index (χ1n) is 10.1. The van der Waals surface area contributed by atoms with E-state index in [1.807, 2.05) is 69.3 Å². The second-order valence-electron chi connectivity index (χ2n) is 7.69. The first-order chi connectivity index (χ1) is 13.8. The molecule has 0 saturated heterocycles. The number of ether oxygens (including phenoxy) is 1. The van der Waals surface area contributed by atoms with Crippen LogP contribution in [0.1, 0.15) is 43.9 Å². The van der Waals surface area contributed by atoms with Crippen molar-refractivity contribution in [1.29, 1.82) is 0 Å². The van der Waals surface area contributed by atoms with E-state index in [2.05, 4.69) is 5.32 Å². The van der Waals surface area contributed by atoms with Gasteiger partial charge in [0, 0.05) is 19.0 Å². The Kier molecular flexibility index (Phi) is 8.25. The van der Waals surface area contributed by atoms with Crippen LogP contribution in [0, 0.1) is 6.92 Å². The Morgan fingerprint density at radius 1 is 0.966 bits per heavy atom. The molecule has 0 spiro atoms. The van der Waals surface area contributed by atoms with Gasteiger partial charge >= 0.3 is 0 Å². The lowest BCUT2D eigenvalue weighted by Crippen LogP contribution is -2.49. The molecule has 0 heterocycles. The second-order valence-corrected chi connectivity index (χ2v) is 7.69. The molecule has 0 saturated carbocycles. The molecule has 5 heteroatoms. The molecular formula is C24H32N2O3. The van der Waals surface area contributed by atoms with Crippen molar-refractivity contribution in [2.45, 2.75) is 59.2 Å². The predicted octanol–water partition coefficient (Wildman–Crippen LogP) is 3.88. The van der Waals surface area contributed by atoms with Gasteiger partial charge in [-0.15, -0.1) is 0 Å². The standard InChI is InChI=1S/C24H32N2O3/c1-17(2)25-24(28)19(4)26(16-21-10-13-22(29-5)14-11-21)23(27)15-12-20-8-6-18(3)7-9-20/h6-11,13-14,17,19H,12,15-16H2,1-5H3,(H,25,28)/t19-/m0/s1. The predicted molar refractivity (Wildman–Crippen MR) is 116 cm³/mol. The summed E-state index contributed by atoms with van der Waals surface area (Å²) in [4.78, 5) is 27.3. The van der Waals surface area contributed by atoms with Crippen molar-refractivity contribution in [3.63, 3.8) is 0 Å². The van der Waals surface area contributed by atoms with Crippen LogP contribution in [-0.4, -0.2) is 35.9 Å². The molecule has 5 nitrogen and oxygen atoms in total. The highest BCUT2D eigenvalue weighted by molar-refractivity contribution is 5.87. The molecule has 0 aromatic heterocycles. The maximum atomic E-state index is 13.1. The summed E-state index contributed by atoms with van der Waals surface area (Å²) in [7, 11) is 1.62. The Hall–Kier alpha value is -2.82. The van der Waals surface area contributed by atoms with Gasteiger partial charge in [-0.1, -0.05) is 42.0 Å². The molecule has 0 radical (unpaired) electrons. The molecule has 0 unspecified atom stereocenters. The number of hydrogen-bond acceptors (Lipinski definition) is 3. The largest absolute Gasteiger partial charge is 0.497 e. The molecule has 1 N–H and O–H groups in total. The smallest absolute Gasteiger partial charge is 0.242 e. The average Bonchev–Trinajstić information content (AvgIpc) is 2.70. The Morgan fingerprint density at radius 3 is 2.10 bits per heavy atom. The van der Waals surface area contributed by atoms with E-state index in [4.69, 9.17) is 4.74 Å². The third kappa shape index (κ3) is 6.93. The number of nitrogens with one attached hydrogen (secondary N) is 1. The molecule has 0 aliphatic heterocycles. The lowest BCUT2D eigenvalue weighted by Gasteiger charge is -2.29. The van der Waals surface area contributed by atoms with E-state index < -0.39 is 6.04 Å². The quantitative estimate of drug-likeness (QED) is 0.700. The van der Waals surface area contributed by atoms with Crippen LogP contribution in [0.25, 0.3) is 0 Å². The minimum atomic E-state index is -0.551. The molecule has 2 aromatic carbocycles. The van der Waals surface area contributed by atoms with Gasteiger partial charge in [-0.25, -0.2) is 0 Å². The number of benzene rings is 2. The van der Waals surface area contributed by atoms with Crippen molar-refractivity contribution in [2.75, 3.05) is 7.11 Å². The van der Waals surface area contributed by atoms with E-state index in [1.54, 1.807) is 18.9 Å². The molecule has 0 bridgehead atoms. The highest BCUT2D eigenvalue weighted by Gasteiger charge is 2.26. The Bertz CT molecular complexity index is 798. The fraction of sp³-hybridized carbons (Fsp3) is 0.417. The van der Waals surface area contributed by atoms with Crippen molar-refractivity contribution >= 4 is 11.8 Å². The molecule has 156 valence electrons. The Morgan fingerprint density at radius 2 is 1.55 bits per heavy atom. The lowest BCUT2D eigenvalue weighted by atomic mass is 10.1. The monoisotopic (exact) mass is 396 g/mol. The fourth-order valence-corrected chi connectivity index (χ4v) is 3.07. The molecule has 29 heavy (non-hydrogen) atoms. The van der Waals surface area contributed by atoms with Crippen LogP contribution in [0.5, 0.6) is 5.75 Å². The first kappa shape index (κ1) is 22.5. The average molecular weight is 397 g/mol. The zero-order chi connectivity index (χ0) is 21.4. The molecule has 0 aliphatic carbocycles. The fourth-order valence-electron chi connectivity index (χ4n) is 3.07. The molecule has 1 atom stereocenters. The van der Waals surface area contributed by atoms with Crippen molar-refractivity contribution in [3.05, 3.63) is 65.2 Å². The molecule has 2 rings (SSSR count). The summed E-state index contributed by atoms with van der Waals surface area (Å²) in [5, 5.41) is 2.91. The van der Waals surface area contributed by atoms with Gasteiger partial charge in [0.15, 0.2) is 0 Å². The van der Waals surface area contributed by atoms with Gasteiger partial charge in [0.2, 0.25) is 11.8 Å². The number of carbonyl (C=O) groups excluding carboxylic acids is 2. The van der Waals surface area contributed by atoms with E-state index in [0.29, 0.717) is 19.4 Å². The zero-order valence-corrected chi connectivity index (χ0v) is 18.1. The van der Waals surface area contributed by atoms with Gasteiger partial charge in [0.25, 0.3) is 0 Å². The van der Waals surface area contributed by atoms with Crippen LogP contribution in [0.4, 0.5) is 0 Å². The summed E-state index contributed by atoms with van der Waals surface area (Å²) in [5.74, 6) is 0.585. The van der Waals surface area contributed by atoms with Gasteiger partial charge in [-0.3, -0.25) is 9.59 Å². The van der Waals surface area contributed by atoms with Crippen LogP contribution in [0.3, 0.4) is 0 Å². The van der Waals surface area contributed by atoms with Gasteiger partial charge in [0.05, 0.1) is 7.11 Å². The number of aryl methyl sites for hydroxylation is 2. The minimum Gasteiger partial charge on any atom is -0.497 e. The summed E-state index contributed by atoms with van der Waals surface area (Å²) in [5.41, 5.74) is 3.27. The Balaban J connectivity index is 2.13. The lowest BCUT2D eigenvalue weighted by molar-refractivity contribution is -0.140. The summed E-state index contributed by atoms with van der Waals surface area (Å²) in [6.07, 6.45) is 1.01. The maximum absolute atomic E-state index is 13.1. The number of nitrogens with zero attached hydrogens (tertiary/aromatic N) is 1. The van der Waals surface area contributed by atoms with Crippen LogP contribution in [0.2, 0.25) is 0 Å². The van der Waals surface area contributed by atoms with Crippen molar-refractivity contribution in [1.82, 2.24) is 10.2 Å². The van der Waals surface area contributed by atoms with Gasteiger partial charge in [-0.05, 0) is 57.4 Å². The highest BCUT2D eigenvalue weighted by Crippen LogP contribution is 2.16. The van der Waals surface area contributed by atoms with Crippen molar-refractivity contribution < 1.29 is 14.3 Å². The second kappa shape index (κ2) is 10.6.